The quantitative estimate of drug-likeness (QED) is 0.473. The predicted molar refractivity (Wildman–Crippen MR) is 119 cm³/mol. The molecular weight excluding hydrogens is 435 g/mol. The number of halogens is 3. The molecule has 3 aromatic heterocycles. The third kappa shape index (κ3) is 4.60. The van der Waals surface area contributed by atoms with E-state index in [-0.39, 0.29) is 23.8 Å². The minimum atomic E-state index is -4.59. The molecule has 0 amide bonds. The normalized spacial score (nSPS) is 20.4. The number of anilines is 2. The van der Waals surface area contributed by atoms with Gasteiger partial charge in [-0.15, -0.1) is 0 Å². The first kappa shape index (κ1) is 21.9. The van der Waals surface area contributed by atoms with Gasteiger partial charge in [-0.25, -0.2) is 15.0 Å². The van der Waals surface area contributed by atoms with Gasteiger partial charge in [0.15, 0.2) is 0 Å². The van der Waals surface area contributed by atoms with E-state index in [1.807, 2.05) is 0 Å². The van der Waals surface area contributed by atoms with Gasteiger partial charge in [-0.05, 0) is 44.4 Å². The third-order valence-corrected chi connectivity index (χ3v) is 6.29. The van der Waals surface area contributed by atoms with Crippen LogP contribution in [-0.4, -0.2) is 63.4 Å². The first-order chi connectivity index (χ1) is 15.9. The number of H-pyrrole nitrogens is 1. The molecule has 176 valence electrons. The van der Waals surface area contributed by atoms with Crippen molar-refractivity contribution in [3.63, 3.8) is 0 Å². The number of rotatable bonds is 4. The highest BCUT2D eigenvalue weighted by Gasteiger charge is 2.36. The first-order valence-corrected chi connectivity index (χ1v) is 11.2. The van der Waals surface area contributed by atoms with Crippen molar-refractivity contribution in [3.05, 3.63) is 30.1 Å². The van der Waals surface area contributed by atoms with Gasteiger partial charge in [0, 0.05) is 49.0 Å². The maximum absolute atomic E-state index is 13.8. The van der Waals surface area contributed by atoms with E-state index in [4.69, 9.17) is 0 Å². The van der Waals surface area contributed by atoms with E-state index < -0.39 is 11.7 Å². The summed E-state index contributed by atoms with van der Waals surface area (Å²) in [7, 11) is 0. The Morgan fingerprint density at radius 2 is 1.94 bits per heavy atom. The number of pyridine rings is 1. The molecule has 2 saturated heterocycles. The van der Waals surface area contributed by atoms with E-state index in [9.17, 15) is 18.3 Å². The predicted octanol–water partition coefficient (Wildman–Crippen LogP) is 3.16. The molecule has 0 radical (unpaired) electrons. The van der Waals surface area contributed by atoms with E-state index in [0.717, 1.165) is 31.4 Å². The van der Waals surface area contributed by atoms with Crippen molar-refractivity contribution in [3.8, 4) is 11.3 Å². The van der Waals surface area contributed by atoms with Crippen LogP contribution in [0.4, 0.5) is 24.9 Å². The Labute approximate surface area is 188 Å². The van der Waals surface area contributed by atoms with Crippen molar-refractivity contribution in [1.29, 1.82) is 0 Å². The van der Waals surface area contributed by atoms with Crippen LogP contribution in [0, 0.1) is 0 Å². The molecule has 3 aromatic rings. The van der Waals surface area contributed by atoms with Crippen LogP contribution in [0.25, 0.3) is 22.3 Å². The van der Waals surface area contributed by atoms with Gasteiger partial charge in [-0.2, -0.15) is 13.2 Å². The third-order valence-electron chi connectivity index (χ3n) is 6.29. The van der Waals surface area contributed by atoms with Gasteiger partial charge in [0.2, 0.25) is 5.95 Å². The molecule has 33 heavy (non-hydrogen) atoms. The molecule has 0 bridgehead atoms. The molecule has 1 atom stereocenters. The van der Waals surface area contributed by atoms with Crippen molar-refractivity contribution in [2.75, 3.05) is 36.4 Å². The van der Waals surface area contributed by atoms with Gasteiger partial charge in [-0.1, -0.05) is 0 Å². The molecule has 4 N–H and O–H groups in total. The summed E-state index contributed by atoms with van der Waals surface area (Å²) in [6, 6.07) is 3.65. The molecule has 2 aliphatic rings. The van der Waals surface area contributed by atoms with Gasteiger partial charge in [-0.3, -0.25) is 0 Å². The summed E-state index contributed by atoms with van der Waals surface area (Å²) in [4.78, 5) is 17.9. The number of hydrogen-bond acceptors (Lipinski definition) is 7. The van der Waals surface area contributed by atoms with E-state index in [2.05, 4.69) is 35.5 Å². The Kier molecular flexibility index (Phi) is 5.83. The topological polar surface area (TPSA) is 102 Å². The van der Waals surface area contributed by atoms with E-state index in [1.165, 1.54) is 6.20 Å². The molecular formula is C22H26F3N7O. The summed E-state index contributed by atoms with van der Waals surface area (Å²) in [5.74, 6) is 0.909. The average Bonchev–Trinajstić information content (AvgIpc) is 3.23. The zero-order valence-corrected chi connectivity index (χ0v) is 18.0. The summed E-state index contributed by atoms with van der Waals surface area (Å²) >= 11 is 0. The fourth-order valence-electron chi connectivity index (χ4n) is 4.48. The molecule has 5 rings (SSSR count). The van der Waals surface area contributed by atoms with Crippen LogP contribution in [-0.2, 0) is 6.18 Å². The highest BCUT2D eigenvalue weighted by molar-refractivity contribution is 5.94. The first-order valence-electron chi connectivity index (χ1n) is 11.2. The number of aliphatic hydroxyl groups excluding tert-OH is 1. The molecule has 11 heteroatoms. The minimum absolute atomic E-state index is 0.0681. The molecule has 0 aliphatic carbocycles. The van der Waals surface area contributed by atoms with Gasteiger partial charge >= 0.3 is 6.18 Å². The number of aliphatic hydroxyl groups is 1. The molecule has 2 aliphatic heterocycles. The highest BCUT2D eigenvalue weighted by atomic mass is 19.4. The monoisotopic (exact) mass is 461 g/mol. The Balaban J connectivity index is 1.50. The largest absolute Gasteiger partial charge is 0.419 e. The zero-order valence-electron chi connectivity index (χ0n) is 18.0. The molecule has 1 unspecified atom stereocenters. The van der Waals surface area contributed by atoms with Crippen molar-refractivity contribution in [2.45, 2.75) is 44.0 Å². The molecule has 0 aromatic carbocycles. The summed E-state index contributed by atoms with van der Waals surface area (Å²) in [6.07, 6.45) is 0.692. The molecule has 2 fully saturated rings. The van der Waals surface area contributed by atoms with E-state index in [1.54, 1.807) is 12.1 Å². The van der Waals surface area contributed by atoms with Gasteiger partial charge < -0.3 is 25.6 Å². The zero-order chi connectivity index (χ0) is 23.0. The Morgan fingerprint density at radius 3 is 2.67 bits per heavy atom. The second kappa shape index (κ2) is 8.79. The highest BCUT2D eigenvalue weighted by Crippen LogP contribution is 2.39. The Hall–Kier alpha value is -2.92. The van der Waals surface area contributed by atoms with E-state index >= 15 is 0 Å². The number of aromatic amines is 1. The lowest BCUT2D eigenvalue weighted by Crippen LogP contribution is -2.38. The van der Waals surface area contributed by atoms with Crippen LogP contribution < -0.4 is 15.5 Å². The number of hydrogen-bond donors (Lipinski definition) is 4. The summed E-state index contributed by atoms with van der Waals surface area (Å²) in [5.41, 5.74) is -0.237. The lowest BCUT2D eigenvalue weighted by atomic mass is 10.1. The lowest BCUT2D eigenvalue weighted by molar-refractivity contribution is -0.137. The van der Waals surface area contributed by atoms with Crippen LogP contribution in [0.3, 0.4) is 0 Å². The van der Waals surface area contributed by atoms with Crippen LogP contribution in [0.2, 0.25) is 0 Å². The Morgan fingerprint density at radius 1 is 1.12 bits per heavy atom. The standard InChI is InChI=1S/C22H26F3N7O/c23-22(24,25)17-12-28-21(29-13-2-1-7-26-10-13)31-19(17)16-11-27-20-15(16)3-4-18(30-20)32-8-5-14(33)6-9-32/h3-4,11-14,26,33H,1-2,5-10H2,(H,27,30)(H,28,29,31). The van der Waals surface area contributed by atoms with Crippen molar-refractivity contribution in [1.82, 2.24) is 25.3 Å². The molecule has 5 heterocycles. The number of aromatic nitrogens is 4. The van der Waals surface area contributed by atoms with Crippen molar-refractivity contribution >= 4 is 22.8 Å². The summed E-state index contributed by atoms with van der Waals surface area (Å²) in [5, 5.41) is 16.7. The van der Waals surface area contributed by atoms with Gasteiger partial charge in [0.25, 0.3) is 0 Å². The smallest absolute Gasteiger partial charge is 0.393 e. The Bertz CT molecular complexity index is 1120. The van der Waals surface area contributed by atoms with Gasteiger partial charge in [0.1, 0.15) is 17.0 Å². The fourth-order valence-corrected chi connectivity index (χ4v) is 4.48. The molecule has 0 spiro atoms. The number of piperidine rings is 2. The lowest BCUT2D eigenvalue weighted by Gasteiger charge is -2.30. The maximum Gasteiger partial charge on any atom is 0.419 e. The van der Waals surface area contributed by atoms with E-state index in [0.29, 0.717) is 49.1 Å². The maximum atomic E-state index is 13.8. The minimum Gasteiger partial charge on any atom is -0.393 e. The number of nitrogens with one attached hydrogen (secondary N) is 3. The van der Waals surface area contributed by atoms with Crippen LogP contribution >= 0.6 is 0 Å². The summed E-state index contributed by atoms with van der Waals surface area (Å²) in [6.45, 7) is 3.01. The molecule has 0 saturated carbocycles. The number of fused-ring (bicyclic) bond motifs is 1. The van der Waals surface area contributed by atoms with Crippen LogP contribution in [0.1, 0.15) is 31.2 Å². The second-order valence-corrected chi connectivity index (χ2v) is 8.63. The average molecular weight is 461 g/mol. The second-order valence-electron chi connectivity index (χ2n) is 8.63. The molecule has 8 nitrogen and oxygen atoms in total. The van der Waals surface area contributed by atoms with Crippen LogP contribution in [0.5, 0.6) is 0 Å². The van der Waals surface area contributed by atoms with Crippen molar-refractivity contribution < 1.29 is 18.3 Å². The number of nitrogens with zero attached hydrogens (tertiary/aromatic N) is 4. The van der Waals surface area contributed by atoms with Crippen LogP contribution in [0.15, 0.2) is 24.5 Å². The fraction of sp³-hybridized carbons (Fsp3) is 0.500. The van der Waals surface area contributed by atoms with Crippen molar-refractivity contribution in [2.24, 2.45) is 0 Å². The van der Waals surface area contributed by atoms with Gasteiger partial charge in [0.05, 0.1) is 11.8 Å². The SMILES string of the molecule is OC1CCN(c2ccc3c(-c4nc(NC5CCCNC5)ncc4C(F)(F)F)c[nH]c3n2)CC1. The number of alkyl halides is 3. The summed E-state index contributed by atoms with van der Waals surface area (Å²) < 4.78 is 41.4.